The van der Waals surface area contributed by atoms with Gasteiger partial charge in [-0.2, -0.15) is 0 Å². The minimum atomic E-state index is -0.449. The van der Waals surface area contributed by atoms with E-state index in [0.717, 1.165) is 6.42 Å². The highest BCUT2D eigenvalue weighted by Crippen LogP contribution is 2.26. The summed E-state index contributed by atoms with van der Waals surface area (Å²) in [5.74, 6) is -0.296. The minimum Gasteiger partial charge on any atom is -0.457 e. The van der Waals surface area contributed by atoms with Gasteiger partial charge in [0.1, 0.15) is 0 Å². The van der Waals surface area contributed by atoms with Crippen LogP contribution in [0.15, 0.2) is 0 Å². The molecule has 0 aromatic rings. The highest BCUT2D eigenvalue weighted by molar-refractivity contribution is 5.66. The molecule has 1 fully saturated rings. The average molecular weight is 245 g/mol. The molecule has 1 saturated heterocycles. The van der Waals surface area contributed by atoms with Crippen LogP contribution < -0.4 is 0 Å². The zero-order chi connectivity index (χ0) is 13.0. The summed E-state index contributed by atoms with van der Waals surface area (Å²) < 4.78 is 16.5. The summed E-state index contributed by atoms with van der Waals surface area (Å²) >= 11 is 0. The number of likely N-dealkylation sites (N-methyl/N-ethyl adjacent to an activating group) is 1. The molecule has 0 N–H and O–H groups in total. The highest BCUT2D eigenvalue weighted by Gasteiger charge is 2.39. The molecule has 1 aliphatic rings. The topological polar surface area (TPSA) is 48.0 Å². The average Bonchev–Trinajstić information content (AvgIpc) is 2.21. The summed E-state index contributed by atoms with van der Waals surface area (Å²) in [6, 6.07) is 0.232. The molecule has 1 aliphatic heterocycles. The Kier molecular flexibility index (Phi) is 5.36. The van der Waals surface area contributed by atoms with Crippen molar-refractivity contribution in [3.8, 4) is 0 Å². The number of hydrogen-bond donors (Lipinski definition) is 0. The summed E-state index contributed by atoms with van der Waals surface area (Å²) in [5.41, 5.74) is 0. The van der Waals surface area contributed by atoms with Gasteiger partial charge in [-0.05, 0) is 27.9 Å². The van der Waals surface area contributed by atoms with Crippen molar-refractivity contribution in [1.82, 2.24) is 4.90 Å². The van der Waals surface area contributed by atoms with Crippen molar-refractivity contribution in [2.24, 2.45) is 0 Å². The van der Waals surface area contributed by atoms with E-state index >= 15 is 0 Å². The standard InChI is InChI=1S/C12H23NO4/c1-6-15-12-11(17-9(3)14)7-10(13(4)5)8(2)16-12/h8,10-12H,6-7H2,1-5H3/t8-,10+,11+,12+/m1/s1. The van der Waals surface area contributed by atoms with Crippen LogP contribution in [-0.2, 0) is 19.0 Å². The lowest BCUT2D eigenvalue weighted by Gasteiger charge is -2.41. The van der Waals surface area contributed by atoms with Gasteiger partial charge in [0, 0.05) is 26.0 Å². The summed E-state index contributed by atoms with van der Waals surface area (Å²) in [5, 5.41) is 0. The Morgan fingerprint density at radius 3 is 2.59 bits per heavy atom. The fourth-order valence-corrected chi connectivity index (χ4v) is 2.19. The van der Waals surface area contributed by atoms with E-state index in [2.05, 4.69) is 4.90 Å². The molecule has 0 bridgehead atoms. The summed E-state index contributed by atoms with van der Waals surface area (Å²) in [7, 11) is 3.99. The molecule has 5 nitrogen and oxygen atoms in total. The zero-order valence-corrected chi connectivity index (χ0v) is 11.3. The van der Waals surface area contributed by atoms with Gasteiger partial charge in [-0.3, -0.25) is 4.79 Å². The van der Waals surface area contributed by atoms with E-state index in [1.54, 1.807) is 0 Å². The largest absolute Gasteiger partial charge is 0.457 e. The lowest BCUT2D eigenvalue weighted by molar-refractivity contribution is -0.255. The maximum Gasteiger partial charge on any atom is 0.303 e. The summed E-state index contributed by atoms with van der Waals surface area (Å²) in [4.78, 5) is 13.2. The minimum absolute atomic E-state index is 0.0633. The number of carbonyl (C=O) groups excluding carboxylic acids is 1. The number of nitrogens with zero attached hydrogens (tertiary/aromatic N) is 1. The second-order valence-corrected chi connectivity index (χ2v) is 4.58. The van der Waals surface area contributed by atoms with E-state index in [4.69, 9.17) is 14.2 Å². The molecule has 17 heavy (non-hydrogen) atoms. The predicted octanol–water partition coefficient (Wildman–Crippen LogP) is 1.02. The van der Waals surface area contributed by atoms with Crippen LogP contribution in [0, 0.1) is 0 Å². The van der Waals surface area contributed by atoms with Crippen LogP contribution in [0.3, 0.4) is 0 Å². The van der Waals surface area contributed by atoms with Gasteiger partial charge < -0.3 is 19.1 Å². The molecule has 1 rings (SSSR count). The van der Waals surface area contributed by atoms with Gasteiger partial charge >= 0.3 is 5.97 Å². The van der Waals surface area contributed by atoms with Gasteiger partial charge in [-0.15, -0.1) is 0 Å². The number of ether oxygens (including phenoxy) is 3. The molecular weight excluding hydrogens is 222 g/mol. The first-order valence-electron chi connectivity index (χ1n) is 6.06. The number of esters is 1. The normalized spacial score (nSPS) is 33.8. The van der Waals surface area contributed by atoms with E-state index in [0.29, 0.717) is 6.61 Å². The lowest BCUT2D eigenvalue weighted by Crippen LogP contribution is -2.53. The zero-order valence-electron chi connectivity index (χ0n) is 11.3. The quantitative estimate of drug-likeness (QED) is 0.692. The van der Waals surface area contributed by atoms with Gasteiger partial charge in [0.25, 0.3) is 0 Å². The van der Waals surface area contributed by atoms with Crippen LogP contribution in [0.1, 0.15) is 27.2 Å². The van der Waals surface area contributed by atoms with Crippen molar-refractivity contribution in [3.63, 3.8) is 0 Å². The first kappa shape index (κ1) is 14.4. The van der Waals surface area contributed by atoms with Crippen LogP contribution in [-0.4, -0.2) is 56.1 Å². The Morgan fingerprint density at radius 2 is 2.12 bits per heavy atom. The molecule has 0 amide bonds. The second kappa shape index (κ2) is 6.33. The highest BCUT2D eigenvalue weighted by atomic mass is 16.7. The monoisotopic (exact) mass is 245 g/mol. The van der Waals surface area contributed by atoms with Crippen LogP contribution in [0.5, 0.6) is 0 Å². The first-order valence-corrected chi connectivity index (χ1v) is 6.06. The maximum absolute atomic E-state index is 11.1. The van der Waals surface area contributed by atoms with Crippen molar-refractivity contribution in [3.05, 3.63) is 0 Å². The van der Waals surface area contributed by atoms with Gasteiger partial charge in [0.15, 0.2) is 12.4 Å². The van der Waals surface area contributed by atoms with Crippen molar-refractivity contribution in [1.29, 1.82) is 0 Å². The molecule has 0 unspecified atom stereocenters. The van der Waals surface area contributed by atoms with Crippen molar-refractivity contribution in [2.45, 2.75) is 51.7 Å². The SMILES string of the molecule is CCO[C@H]1O[C@H](C)[C@@H](N(C)C)C[C@@H]1OC(C)=O. The smallest absolute Gasteiger partial charge is 0.303 e. The van der Waals surface area contributed by atoms with E-state index in [9.17, 15) is 4.79 Å². The Bertz CT molecular complexity index is 257. The molecule has 100 valence electrons. The third kappa shape index (κ3) is 3.94. The van der Waals surface area contributed by atoms with Crippen LogP contribution >= 0.6 is 0 Å². The van der Waals surface area contributed by atoms with Crippen molar-refractivity contribution in [2.75, 3.05) is 20.7 Å². The predicted molar refractivity (Wildman–Crippen MR) is 63.6 cm³/mol. The Morgan fingerprint density at radius 1 is 1.47 bits per heavy atom. The lowest BCUT2D eigenvalue weighted by atomic mass is 9.99. The fraction of sp³-hybridized carbons (Fsp3) is 0.917. The van der Waals surface area contributed by atoms with Crippen LogP contribution in [0.4, 0.5) is 0 Å². The van der Waals surface area contributed by atoms with Gasteiger partial charge in [-0.1, -0.05) is 0 Å². The summed E-state index contributed by atoms with van der Waals surface area (Å²) in [6.07, 6.45) is 0.0257. The molecule has 5 heteroatoms. The molecule has 4 atom stereocenters. The summed E-state index contributed by atoms with van der Waals surface area (Å²) in [6.45, 7) is 5.87. The van der Waals surface area contributed by atoms with Crippen molar-refractivity contribution < 1.29 is 19.0 Å². The molecule has 1 heterocycles. The Balaban J connectivity index is 2.69. The van der Waals surface area contributed by atoms with Gasteiger partial charge in [0.2, 0.25) is 0 Å². The van der Waals surface area contributed by atoms with Crippen LogP contribution in [0.2, 0.25) is 0 Å². The number of rotatable bonds is 4. The van der Waals surface area contributed by atoms with Gasteiger partial charge in [-0.25, -0.2) is 0 Å². The third-order valence-electron chi connectivity index (χ3n) is 2.98. The van der Waals surface area contributed by atoms with E-state index < -0.39 is 6.29 Å². The molecule has 0 aliphatic carbocycles. The molecule has 0 spiro atoms. The van der Waals surface area contributed by atoms with E-state index in [1.807, 2.05) is 27.9 Å². The first-order chi connectivity index (χ1) is 7.95. The Hall–Kier alpha value is -0.650. The van der Waals surface area contributed by atoms with E-state index in [-0.39, 0.29) is 24.2 Å². The van der Waals surface area contributed by atoms with E-state index in [1.165, 1.54) is 6.92 Å². The molecular formula is C12H23NO4. The second-order valence-electron chi connectivity index (χ2n) is 4.58. The maximum atomic E-state index is 11.1. The molecule has 0 aromatic heterocycles. The molecule has 0 radical (unpaired) electrons. The molecule has 0 aromatic carbocycles. The van der Waals surface area contributed by atoms with Crippen molar-refractivity contribution >= 4 is 5.97 Å². The Labute approximate surface area is 103 Å². The van der Waals surface area contributed by atoms with Gasteiger partial charge in [0.05, 0.1) is 6.10 Å². The number of carbonyl (C=O) groups is 1. The van der Waals surface area contributed by atoms with Crippen LogP contribution in [0.25, 0.3) is 0 Å². The molecule has 0 saturated carbocycles. The third-order valence-corrected chi connectivity index (χ3v) is 2.98. The number of hydrogen-bond acceptors (Lipinski definition) is 5. The fourth-order valence-electron chi connectivity index (χ4n) is 2.19.